The Morgan fingerprint density at radius 2 is 1.94 bits per heavy atom. The molecule has 1 fully saturated rings. The summed E-state index contributed by atoms with van der Waals surface area (Å²) in [7, 11) is 1.45. The van der Waals surface area contributed by atoms with Crippen LogP contribution in [-0.4, -0.2) is 18.7 Å². The highest BCUT2D eigenvalue weighted by Crippen LogP contribution is 2.32. The van der Waals surface area contributed by atoms with Gasteiger partial charge in [-0.05, 0) is 11.8 Å². The van der Waals surface area contributed by atoms with Crippen molar-refractivity contribution >= 4 is 11.7 Å². The first-order valence-corrected chi connectivity index (χ1v) is 6.74. The number of ketones is 1. The predicted molar refractivity (Wildman–Crippen MR) is 68.5 cm³/mol. The normalized spacial score (nSPS) is 19.6. The van der Waals surface area contributed by atoms with Crippen molar-refractivity contribution in [1.82, 2.24) is 5.32 Å². The Labute approximate surface area is 109 Å². The molecule has 4 nitrogen and oxygen atoms in total. The lowest BCUT2D eigenvalue weighted by Crippen LogP contribution is -2.33. The molecule has 0 aromatic carbocycles. The third kappa shape index (κ3) is 3.83. The molecule has 0 bridgehead atoms. The molecule has 1 amide bonds. The van der Waals surface area contributed by atoms with E-state index >= 15 is 0 Å². The van der Waals surface area contributed by atoms with Gasteiger partial charge in [0.25, 0.3) is 0 Å². The lowest BCUT2D eigenvalue weighted by atomic mass is 9.78. The molecule has 2 atom stereocenters. The Hall–Kier alpha value is -1.37. The molecule has 0 radical (unpaired) electrons. The van der Waals surface area contributed by atoms with Gasteiger partial charge in [0.15, 0.2) is 11.7 Å². The summed E-state index contributed by atoms with van der Waals surface area (Å²) in [6, 6.07) is 1.80. The van der Waals surface area contributed by atoms with Crippen LogP contribution in [0, 0.1) is 29.1 Å². The van der Waals surface area contributed by atoms with Crippen molar-refractivity contribution in [3.05, 3.63) is 0 Å². The number of hydrogen-bond donors (Lipinski definition) is 1. The summed E-state index contributed by atoms with van der Waals surface area (Å²) in [5.74, 6) is -1.01. The smallest absolute Gasteiger partial charge is 0.244 e. The van der Waals surface area contributed by atoms with Crippen LogP contribution in [0.25, 0.3) is 0 Å². The summed E-state index contributed by atoms with van der Waals surface area (Å²) in [5.41, 5.74) is 0. The van der Waals surface area contributed by atoms with E-state index in [2.05, 4.69) is 12.2 Å². The quantitative estimate of drug-likeness (QED) is 0.759. The van der Waals surface area contributed by atoms with E-state index in [-0.39, 0.29) is 11.7 Å². The maximum absolute atomic E-state index is 11.9. The number of nitrogens with one attached hydrogen (secondary N) is 1. The van der Waals surface area contributed by atoms with Gasteiger partial charge in [0.1, 0.15) is 0 Å². The lowest BCUT2D eigenvalue weighted by molar-refractivity contribution is -0.132. The van der Waals surface area contributed by atoms with Crippen LogP contribution in [0.15, 0.2) is 0 Å². The Bertz CT molecular complexity index is 340. The van der Waals surface area contributed by atoms with Crippen molar-refractivity contribution in [2.75, 3.05) is 7.05 Å². The SMILES string of the molecule is CNC(=O)C(C#N)C(=O)CC(C)C1CCCCC1. The van der Waals surface area contributed by atoms with Crippen molar-refractivity contribution in [3.63, 3.8) is 0 Å². The molecule has 4 heteroatoms. The number of nitrogens with zero attached hydrogens (tertiary/aromatic N) is 1. The van der Waals surface area contributed by atoms with E-state index in [1.807, 2.05) is 0 Å². The van der Waals surface area contributed by atoms with Gasteiger partial charge in [0.2, 0.25) is 5.91 Å². The van der Waals surface area contributed by atoms with Gasteiger partial charge in [0, 0.05) is 13.5 Å². The fraction of sp³-hybridized carbons (Fsp3) is 0.786. The number of carbonyl (C=O) groups excluding carboxylic acids is 2. The minimum atomic E-state index is -1.14. The molecule has 0 saturated heterocycles. The number of carbonyl (C=O) groups is 2. The first-order valence-electron chi connectivity index (χ1n) is 6.74. The van der Waals surface area contributed by atoms with E-state index < -0.39 is 11.8 Å². The molecule has 1 aliphatic rings. The van der Waals surface area contributed by atoms with Crippen LogP contribution < -0.4 is 5.32 Å². The highest BCUT2D eigenvalue weighted by atomic mass is 16.2. The highest BCUT2D eigenvalue weighted by molar-refractivity contribution is 6.03. The van der Waals surface area contributed by atoms with E-state index in [4.69, 9.17) is 5.26 Å². The molecule has 0 aromatic rings. The van der Waals surface area contributed by atoms with Gasteiger partial charge in [0.05, 0.1) is 6.07 Å². The molecular weight excluding hydrogens is 228 g/mol. The zero-order valence-electron chi connectivity index (χ0n) is 11.2. The molecule has 0 heterocycles. The summed E-state index contributed by atoms with van der Waals surface area (Å²) < 4.78 is 0. The monoisotopic (exact) mass is 250 g/mol. The van der Waals surface area contributed by atoms with Crippen molar-refractivity contribution in [2.45, 2.75) is 45.4 Å². The second kappa shape index (κ2) is 7.15. The van der Waals surface area contributed by atoms with Crippen molar-refractivity contribution in [2.24, 2.45) is 17.8 Å². The molecule has 18 heavy (non-hydrogen) atoms. The fourth-order valence-electron chi connectivity index (χ4n) is 2.73. The van der Waals surface area contributed by atoms with E-state index in [0.29, 0.717) is 12.3 Å². The average molecular weight is 250 g/mol. The van der Waals surface area contributed by atoms with E-state index in [0.717, 1.165) is 0 Å². The van der Waals surface area contributed by atoms with Crippen molar-refractivity contribution in [1.29, 1.82) is 5.26 Å². The zero-order chi connectivity index (χ0) is 13.5. The molecular formula is C14H22N2O2. The standard InChI is InChI=1S/C14H22N2O2/c1-10(11-6-4-3-5-7-11)8-13(17)12(9-15)14(18)16-2/h10-12H,3-8H2,1-2H3,(H,16,18). The largest absolute Gasteiger partial charge is 0.358 e. The van der Waals surface area contributed by atoms with Gasteiger partial charge in [-0.3, -0.25) is 9.59 Å². The van der Waals surface area contributed by atoms with Gasteiger partial charge >= 0.3 is 0 Å². The molecule has 1 saturated carbocycles. The van der Waals surface area contributed by atoms with Gasteiger partial charge in [-0.1, -0.05) is 39.0 Å². The summed E-state index contributed by atoms with van der Waals surface area (Å²) in [4.78, 5) is 23.3. The van der Waals surface area contributed by atoms with Gasteiger partial charge < -0.3 is 5.32 Å². The van der Waals surface area contributed by atoms with E-state index in [1.165, 1.54) is 39.2 Å². The van der Waals surface area contributed by atoms with Gasteiger partial charge in [-0.2, -0.15) is 5.26 Å². The summed E-state index contributed by atoms with van der Waals surface area (Å²) in [5, 5.41) is 11.3. The number of Topliss-reactive ketones (excluding diaryl/α,β-unsaturated/α-hetero) is 1. The molecule has 0 aliphatic heterocycles. The molecule has 2 unspecified atom stereocenters. The fourth-order valence-corrected chi connectivity index (χ4v) is 2.73. The summed E-state index contributed by atoms with van der Waals surface area (Å²) in [6.45, 7) is 2.06. The van der Waals surface area contributed by atoms with E-state index in [1.54, 1.807) is 6.07 Å². The molecule has 1 aliphatic carbocycles. The van der Waals surface area contributed by atoms with Crippen LogP contribution in [0.4, 0.5) is 0 Å². The predicted octanol–water partition coefficient (Wildman–Crippen LogP) is 2.05. The highest BCUT2D eigenvalue weighted by Gasteiger charge is 2.29. The maximum Gasteiger partial charge on any atom is 0.244 e. The average Bonchev–Trinajstić information content (AvgIpc) is 2.40. The Morgan fingerprint density at radius 3 is 2.44 bits per heavy atom. The maximum atomic E-state index is 11.9. The van der Waals surface area contributed by atoms with Gasteiger partial charge in [-0.15, -0.1) is 0 Å². The zero-order valence-corrected chi connectivity index (χ0v) is 11.2. The molecule has 0 aromatic heterocycles. The Morgan fingerprint density at radius 1 is 1.33 bits per heavy atom. The third-order valence-corrected chi connectivity index (χ3v) is 3.94. The number of nitriles is 1. The Balaban J connectivity index is 2.52. The summed E-state index contributed by atoms with van der Waals surface area (Å²) >= 11 is 0. The van der Waals surface area contributed by atoms with Crippen LogP contribution in [0.3, 0.4) is 0 Å². The first-order chi connectivity index (χ1) is 8.60. The molecule has 0 spiro atoms. The summed E-state index contributed by atoms with van der Waals surface area (Å²) in [6.07, 6.45) is 6.45. The first kappa shape index (κ1) is 14.7. The third-order valence-electron chi connectivity index (χ3n) is 3.94. The van der Waals surface area contributed by atoms with E-state index in [9.17, 15) is 9.59 Å². The molecule has 100 valence electrons. The number of rotatable bonds is 5. The van der Waals surface area contributed by atoms with Crippen molar-refractivity contribution < 1.29 is 9.59 Å². The van der Waals surface area contributed by atoms with Gasteiger partial charge in [-0.25, -0.2) is 0 Å². The second-order valence-electron chi connectivity index (χ2n) is 5.22. The van der Waals surface area contributed by atoms with Crippen LogP contribution >= 0.6 is 0 Å². The number of hydrogen-bond acceptors (Lipinski definition) is 3. The minimum Gasteiger partial charge on any atom is -0.358 e. The van der Waals surface area contributed by atoms with Crippen LogP contribution in [0.1, 0.15) is 45.4 Å². The van der Waals surface area contributed by atoms with Crippen LogP contribution in [0.5, 0.6) is 0 Å². The molecule has 1 N–H and O–H groups in total. The van der Waals surface area contributed by atoms with Crippen LogP contribution in [0.2, 0.25) is 0 Å². The molecule has 1 rings (SSSR count). The topological polar surface area (TPSA) is 70.0 Å². The van der Waals surface area contributed by atoms with Crippen molar-refractivity contribution in [3.8, 4) is 6.07 Å². The lowest BCUT2D eigenvalue weighted by Gasteiger charge is -2.27. The van der Waals surface area contributed by atoms with Crippen LogP contribution in [-0.2, 0) is 9.59 Å². The number of amides is 1. The second-order valence-corrected chi connectivity index (χ2v) is 5.22. The Kier molecular flexibility index (Phi) is 5.84. The minimum absolute atomic E-state index is 0.241.